The van der Waals surface area contributed by atoms with Gasteiger partial charge >= 0.3 is 0 Å². The predicted molar refractivity (Wildman–Crippen MR) is 44.9 cm³/mol. The van der Waals surface area contributed by atoms with Crippen molar-refractivity contribution in [2.45, 2.75) is 11.9 Å². The molecule has 1 aromatic heterocycles. The van der Waals surface area contributed by atoms with E-state index < -0.39 is 9.84 Å². The summed E-state index contributed by atoms with van der Waals surface area (Å²) in [7, 11) is -3.30. The lowest BCUT2D eigenvalue weighted by Crippen LogP contribution is -2.13. The normalized spacial score (nSPS) is 11.5. The lowest BCUT2D eigenvalue weighted by Gasteiger charge is -1.97. The second kappa shape index (κ2) is 2.75. The fourth-order valence-corrected chi connectivity index (χ4v) is 1.34. The van der Waals surface area contributed by atoms with Gasteiger partial charge in [0.25, 0.3) is 5.56 Å². The van der Waals surface area contributed by atoms with Gasteiger partial charge in [-0.15, -0.1) is 0 Å². The fraction of sp³-hybridized carbons (Fsp3) is 0.286. The molecule has 0 aromatic carbocycles. The van der Waals surface area contributed by atoms with E-state index in [2.05, 4.69) is 4.98 Å². The minimum atomic E-state index is -3.30. The zero-order valence-corrected chi connectivity index (χ0v) is 7.60. The van der Waals surface area contributed by atoms with Crippen LogP contribution in [-0.2, 0) is 9.84 Å². The average molecular weight is 187 g/mol. The van der Waals surface area contributed by atoms with Crippen molar-refractivity contribution < 1.29 is 8.42 Å². The summed E-state index contributed by atoms with van der Waals surface area (Å²) < 4.78 is 21.9. The number of aryl methyl sites for hydroxylation is 1. The van der Waals surface area contributed by atoms with Crippen LogP contribution in [0.25, 0.3) is 0 Å². The van der Waals surface area contributed by atoms with Crippen LogP contribution < -0.4 is 5.56 Å². The lowest BCUT2D eigenvalue weighted by molar-refractivity contribution is 0.597. The van der Waals surface area contributed by atoms with Crippen LogP contribution in [0, 0.1) is 6.92 Å². The maximum atomic E-state index is 11.0. The minimum absolute atomic E-state index is 0.0434. The molecule has 5 heteroatoms. The van der Waals surface area contributed by atoms with Crippen LogP contribution in [0.5, 0.6) is 0 Å². The number of nitrogens with one attached hydrogen (secondary N) is 1. The molecule has 0 aliphatic rings. The van der Waals surface area contributed by atoms with E-state index in [1.165, 1.54) is 12.1 Å². The van der Waals surface area contributed by atoms with Gasteiger partial charge in [-0.2, -0.15) is 0 Å². The molecule has 0 radical (unpaired) electrons. The highest BCUT2D eigenvalue weighted by atomic mass is 32.2. The van der Waals surface area contributed by atoms with Gasteiger partial charge in [0.15, 0.2) is 9.84 Å². The number of H-pyrrole nitrogens is 1. The highest BCUT2D eigenvalue weighted by molar-refractivity contribution is 7.90. The molecule has 1 heterocycles. The third kappa shape index (κ3) is 1.73. The minimum Gasteiger partial charge on any atom is -0.313 e. The van der Waals surface area contributed by atoms with Gasteiger partial charge in [0.1, 0.15) is 5.03 Å². The summed E-state index contributed by atoms with van der Waals surface area (Å²) in [5.41, 5.74) is 0.139. The summed E-state index contributed by atoms with van der Waals surface area (Å²) in [5, 5.41) is -0.0434. The highest BCUT2D eigenvalue weighted by Gasteiger charge is 2.07. The van der Waals surface area contributed by atoms with Crippen molar-refractivity contribution >= 4 is 9.84 Å². The number of hydrogen-bond donors (Lipinski definition) is 1. The molecule has 0 bridgehead atoms. The first-order valence-corrected chi connectivity index (χ1v) is 5.20. The van der Waals surface area contributed by atoms with Gasteiger partial charge < -0.3 is 4.98 Å². The van der Waals surface area contributed by atoms with Crippen molar-refractivity contribution in [3.8, 4) is 0 Å². The molecule has 0 saturated heterocycles. The van der Waals surface area contributed by atoms with E-state index >= 15 is 0 Å². The first kappa shape index (κ1) is 8.99. The summed E-state index contributed by atoms with van der Waals surface area (Å²) in [4.78, 5) is 13.2. The van der Waals surface area contributed by atoms with Crippen LogP contribution in [0.4, 0.5) is 0 Å². The molecule has 0 aliphatic heterocycles. The third-order valence-electron chi connectivity index (χ3n) is 1.48. The van der Waals surface area contributed by atoms with Gasteiger partial charge in [-0.25, -0.2) is 8.42 Å². The van der Waals surface area contributed by atoms with E-state index in [9.17, 15) is 13.2 Å². The Balaban J connectivity index is 3.43. The largest absolute Gasteiger partial charge is 0.313 e. The van der Waals surface area contributed by atoms with E-state index in [4.69, 9.17) is 0 Å². The Kier molecular flexibility index (Phi) is 2.06. The molecule has 66 valence electrons. The standard InChI is InChI=1S/C7H9NO3S/c1-5-3-4-6(8-7(5)9)12(2,10)11/h3-4H,1-2H3,(H,8,9). The molecule has 4 nitrogen and oxygen atoms in total. The highest BCUT2D eigenvalue weighted by Crippen LogP contribution is 2.01. The van der Waals surface area contributed by atoms with Gasteiger partial charge in [-0.1, -0.05) is 6.07 Å². The zero-order valence-electron chi connectivity index (χ0n) is 6.79. The molecule has 0 amide bonds. The Morgan fingerprint density at radius 3 is 2.33 bits per heavy atom. The van der Waals surface area contributed by atoms with Crippen LogP contribution in [0.3, 0.4) is 0 Å². The molecule has 0 saturated carbocycles. The Morgan fingerprint density at radius 1 is 1.33 bits per heavy atom. The second-order valence-corrected chi connectivity index (χ2v) is 4.59. The fourth-order valence-electron chi connectivity index (χ4n) is 0.745. The number of rotatable bonds is 1. The molecule has 12 heavy (non-hydrogen) atoms. The summed E-state index contributed by atoms with van der Waals surface area (Å²) in [5.74, 6) is 0. The SMILES string of the molecule is Cc1ccc(S(C)(=O)=O)[nH]c1=O. The van der Waals surface area contributed by atoms with Gasteiger partial charge in [-0.05, 0) is 13.0 Å². The van der Waals surface area contributed by atoms with E-state index in [1.807, 2.05) is 0 Å². The summed E-state index contributed by atoms with van der Waals surface area (Å²) in [6, 6.07) is 2.86. The lowest BCUT2D eigenvalue weighted by atomic mass is 10.3. The van der Waals surface area contributed by atoms with Crippen LogP contribution in [0.15, 0.2) is 22.0 Å². The number of aromatic amines is 1. The Morgan fingerprint density at radius 2 is 1.92 bits per heavy atom. The number of hydrogen-bond acceptors (Lipinski definition) is 3. The van der Waals surface area contributed by atoms with E-state index in [1.54, 1.807) is 6.92 Å². The number of pyridine rings is 1. The van der Waals surface area contributed by atoms with Crippen LogP contribution in [0.2, 0.25) is 0 Å². The zero-order chi connectivity index (χ0) is 9.35. The van der Waals surface area contributed by atoms with E-state index in [0.29, 0.717) is 5.56 Å². The quantitative estimate of drug-likeness (QED) is 0.677. The van der Waals surface area contributed by atoms with E-state index in [-0.39, 0.29) is 10.6 Å². The topological polar surface area (TPSA) is 67.0 Å². The van der Waals surface area contributed by atoms with Crippen molar-refractivity contribution in [2.24, 2.45) is 0 Å². The first-order chi connectivity index (χ1) is 5.41. The van der Waals surface area contributed by atoms with Crippen molar-refractivity contribution in [1.82, 2.24) is 4.98 Å². The van der Waals surface area contributed by atoms with Crippen molar-refractivity contribution in [3.63, 3.8) is 0 Å². The second-order valence-electron chi connectivity index (χ2n) is 2.61. The molecule has 1 rings (SSSR count). The Bertz CT molecular complexity index is 444. The smallest absolute Gasteiger partial charge is 0.251 e. The molecule has 0 unspecified atom stereocenters. The number of aromatic nitrogens is 1. The third-order valence-corrected chi connectivity index (χ3v) is 2.52. The molecule has 0 fully saturated rings. The molecule has 1 N–H and O–H groups in total. The maximum absolute atomic E-state index is 11.0. The maximum Gasteiger partial charge on any atom is 0.251 e. The van der Waals surface area contributed by atoms with Crippen molar-refractivity contribution in [1.29, 1.82) is 0 Å². The summed E-state index contributed by atoms with van der Waals surface area (Å²) in [6.07, 6.45) is 1.05. The Hall–Kier alpha value is -1.10. The van der Waals surface area contributed by atoms with E-state index in [0.717, 1.165) is 6.26 Å². The monoisotopic (exact) mass is 187 g/mol. The molecular weight excluding hydrogens is 178 g/mol. The van der Waals surface area contributed by atoms with Gasteiger partial charge in [-0.3, -0.25) is 4.79 Å². The van der Waals surface area contributed by atoms with Crippen molar-refractivity contribution in [3.05, 3.63) is 28.0 Å². The van der Waals surface area contributed by atoms with Gasteiger partial charge in [0.2, 0.25) is 0 Å². The predicted octanol–water partition coefficient (Wildman–Crippen LogP) is 0.0868. The summed E-state index contributed by atoms with van der Waals surface area (Å²) >= 11 is 0. The van der Waals surface area contributed by atoms with Gasteiger partial charge in [0, 0.05) is 11.8 Å². The van der Waals surface area contributed by atoms with Crippen LogP contribution in [-0.4, -0.2) is 19.7 Å². The number of sulfone groups is 1. The Labute approximate surface area is 70.2 Å². The van der Waals surface area contributed by atoms with Crippen LogP contribution in [0.1, 0.15) is 5.56 Å². The molecule has 0 atom stereocenters. The van der Waals surface area contributed by atoms with Gasteiger partial charge in [0.05, 0.1) is 0 Å². The van der Waals surface area contributed by atoms with Crippen LogP contribution >= 0.6 is 0 Å². The molecule has 1 aromatic rings. The van der Waals surface area contributed by atoms with Crippen molar-refractivity contribution in [2.75, 3.05) is 6.26 Å². The summed E-state index contributed by atoms with van der Waals surface area (Å²) in [6.45, 7) is 1.62. The average Bonchev–Trinajstić information content (AvgIpc) is 1.92. The molecule has 0 aliphatic carbocycles. The molecule has 0 spiro atoms. The first-order valence-electron chi connectivity index (χ1n) is 3.31. The molecular formula is C7H9NO3S.